The van der Waals surface area contributed by atoms with Crippen molar-refractivity contribution in [2.45, 2.75) is 40.7 Å². The number of nitrogens with one attached hydrogen (secondary N) is 2. The van der Waals surface area contributed by atoms with Crippen molar-refractivity contribution in [2.24, 2.45) is 0 Å². The summed E-state index contributed by atoms with van der Waals surface area (Å²) in [6.45, 7) is 0.531. The summed E-state index contributed by atoms with van der Waals surface area (Å²) in [7, 11) is -9.27. The third-order valence-corrected chi connectivity index (χ3v) is 10.0. The molecule has 0 radical (unpaired) electrons. The van der Waals surface area contributed by atoms with Crippen molar-refractivity contribution in [1.29, 1.82) is 0 Å². The lowest BCUT2D eigenvalue weighted by atomic mass is 10.1. The molecule has 1 fully saturated rings. The number of benzene rings is 3. The van der Waals surface area contributed by atoms with E-state index in [2.05, 4.69) is 10.6 Å². The Balaban J connectivity index is 1.32. The number of halogens is 4. The van der Waals surface area contributed by atoms with E-state index in [1.807, 2.05) is 0 Å². The number of sulfonamides is 1. The molecule has 3 aromatic rings. The van der Waals surface area contributed by atoms with Gasteiger partial charge in [-0.3, -0.25) is 4.79 Å². The van der Waals surface area contributed by atoms with Gasteiger partial charge in [0.2, 0.25) is 10.0 Å². The molecule has 0 atom stereocenters. The number of anilines is 1. The van der Waals surface area contributed by atoms with E-state index in [1.165, 1.54) is 28.6 Å². The molecule has 3 aromatic carbocycles. The molecule has 0 unspecified atom stereocenters. The molecule has 1 saturated heterocycles. The van der Waals surface area contributed by atoms with Gasteiger partial charge in [0.05, 0.1) is 9.79 Å². The van der Waals surface area contributed by atoms with Crippen LogP contribution in [0.4, 0.5) is 18.9 Å². The van der Waals surface area contributed by atoms with Crippen LogP contribution in [-0.4, -0.2) is 51.7 Å². The first-order valence-electron chi connectivity index (χ1n) is 12.1. The molecule has 14 heteroatoms. The quantitative estimate of drug-likeness (QED) is 0.375. The van der Waals surface area contributed by atoms with Crippen LogP contribution in [0.15, 0.2) is 82.6 Å². The average molecular weight is 616 g/mol. The van der Waals surface area contributed by atoms with E-state index < -0.39 is 30.3 Å². The molecular formula is C26H25ClF3N3O5S2. The molecule has 0 saturated carbocycles. The van der Waals surface area contributed by atoms with Crippen molar-refractivity contribution in [3.05, 3.63) is 88.9 Å². The molecule has 1 aliphatic heterocycles. The summed E-state index contributed by atoms with van der Waals surface area (Å²) in [5, 5.41) is 6.28. The lowest BCUT2D eigenvalue weighted by Crippen LogP contribution is -2.42. The van der Waals surface area contributed by atoms with Crippen molar-refractivity contribution in [1.82, 2.24) is 9.62 Å². The summed E-state index contributed by atoms with van der Waals surface area (Å²) in [6, 6.07) is 16.8. The minimum atomic E-state index is -5.48. The van der Waals surface area contributed by atoms with Gasteiger partial charge in [-0.1, -0.05) is 29.8 Å². The Kier molecular flexibility index (Phi) is 8.78. The number of hydrogen-bond donors (Lipinski definition) is 2. The van der Waals surface area contributed by atoms with Crippen LogP contribution in [0.5, 0.6) is 0 Å². The SMILES string of the molecule is O=C(NCc1ccc(S(=O)(=O)N2CCC(Nc3cccc(S(=O)(=O)C(F)(F)F)c3)CC2)cc1)c1ccc(Cl)cc1. The van der Waals surface area contributed by atoms with Crippen LogP contribution in [0.2, 0.25) is 5.02 Å². The smallest absolute Gasteiger partial charge is 0.382 e. The molecule has 1 aliphatic rings. The minimum absolute atomic E-state index is 0.0942. The zero-order valence-corrected chi connectivity index (χ0v) is 23.2. The van der Waals surface area contributed by atoms with E-state index in [9.17, 15) is 34.8 Å². The predicted molar refractivity (Wildman–Crippen MR) is 144 cm³/mol. The summed E-state index contributed by atoms with van der Waals surface area (Å²) in [5.41, 5.74) is -4.06. The second kappa shape index (κ2) is 11.8. The molecule has 2 N–H and O–H groups in total. The highest BCUT2D eigenvalue weighted by Gasteiger charge is 2.47. The molecular weight excluding hydrogens is 591 g/mol. The molecule has 214 valence electrons. The zero-order valence-electron chi connectivity index (χ0n) is 20.9. The molecule has 0 bridgehead atoms. The van der Waals surface area contributed by atoms with Gasteiger partial charge >= 0.3 is 5.51 Å². The summed E-state index contributed by atoms with van der Waals surface area (Å²) < 4.78 is 89.6. The molecule has 0 spiro atoms. The number of carbonyl (C=O) groups excluding carboxylic acids is 1. The van der Waals surface area contributed by atoms with Crippen LogP contribution in [0, 0.1) is 0 Å². The Morgan fingerprint density at radius 1 is 0.900 bits per heavy atom. The van der Waals surface area contributed by atoms with E-state index in [1.54, 1.807) is 36.4 Å². The summed E-state index contributed by atoms with van der Waals surface area (Å²) in [5.74, 6) is -0.293. The first kappa shape index (κ1) is 29.8. The molecule has 8 nitrogen and oxygen atoms in total. The van der Waals surface area contributed by atoms with Crippen molar-refractivity contribution >= 4 is 43.1 Å². The first-order chi connectivity index (χ1) is 18.8. The van der Waals surface area contributed by atoms with Crippen LogP contribution in [0.1, 0.15) is 28.8 Å². The highest BCUT2D eigenvalue weighted by atomic mass is 35.5. The Hall–Kier alpha value is -3.13. The van der Waals surface area contributed by atoms with Gasteiger partial charge in [0.15, 0.2) is 0 Å². The topological polar surface area (TPSA) is 113 Å². The molecule has 1 amide bonds. The molecule has 0 aliphatic carbocycles. The second-order valence-corrected chi connectivity index (χ2v) is 13.4. The van der Waals surface area contributed by atoms with Gasteiger partial charge in [-0.05, 0) is 73.0 Å². The van der Waals surface area contributed by atoms with Crippen LogP contribution in [0.3, 0.4) is 0 Å². The Bertz CT molecular complexity index is 1570. The fraction of sp³-hybridized carbons (Fsp3) is 0.269. The Labute approximate surface area is 235 Å². The predicted octanol–water partition coefficient (Wildman–Crippen LogP) is 4.83. The number of piperidine rings is 1. The van der Waals surface area contributed by atoms with Crippen molar-refractivity contribution < 1.29 is 34.8 Å². The minimum Gasteiger partial charge on any atom is -0.382 e. The largest absolute Gasteiger partial charge is 0.501 e. The van der Waals surface area contributed by atoms with E-state index in [4.69, 9.17) is 11.6 Å². The highest BCUT2D eigenvalue weighted by Crippen LogP contribution is 2.32. The number of carbonyl (C=O) groups is 1. The number of rotatable bonds is 8. The highest BCUT2D eigenvalue weighted by molar-refractivity contribution is 7.92. The van der Waals surface area contributed by atoms with Crippen LogP contribution in [0.25, 0.3) is 0 Å². The van der Waals surface area contributed by atoms with E-state index in [0.717, 1.165) is 12.1 Å². The van der Waals surface area contributed by atoms with Gasteiger partial charge in [-0.15, -0.1) is 0 Å². The zero-order chi connectivity index (χ0) is 29.1. The summed E-state index contributed by atoms with van der Waals surface area (Å²) >= 11 is 5.83. The fourth-order valence-electron chi connectivity index (χ4n) is 4.18. The third kappa shape index (κ3) is 6.77. The number of amides is 1. The average Bonchev–Trinajstić information content (AvgIpc) is 2.92. The molecule has 0 aromatic heterocycles. The normalized spacial score (nSPS) is 15.5. The third-order valence-electron chi connectivity index (χ3n) is 6.39. The summed E-state index contributed by atoms with van der Waals surface area (Å²) in [6.07, 6.45) is 0.731. The summed E-state index contributed by atoms with van der Waals surface area (Å²) in [4.78, 5) is 11.5. The van der Waals surface area contributed by atoms with Gasteiger partial charge in [0.1, 0.15) is 0 Å². The second-order valence-electron chi connectivity index (χ2n) is 9.13. The monoisotopic (exact) mass is 615 g/mol. The van der Waals surface area contributed by atoms with Gasteiger partial charge in [0.25, 0.3) is 15.7 Å². The van der Waals surface area contributed by atoms with Gasteiger partial charge < -0.3 is 10.6 Å². The number of alkyl halides is 3. The maximum absolute atomic E-state index is 13.1. The van der Waals surface area contributed by atoms with Crippen LogP contribution < -0.4 is 10.6 Å². The lowest BCUT2D eigenvalue weighted by Gasteiger charge is -2.32. The number of sulfone groups is 1. The van der Waals surface area contributed by atoms with E-state index in [0.29, 0.717) is 29.0 Å². The van der Waals surface area contributed by atoms with Gasteiger partial charge in [0, 0.05) is 41.9 Å². The number of nitrogens with zero attached hydrogens (tertiary/aromatic N) is 1. The molecule has 4 rings (SSSR count). The first-order valence-corrected chi connectivity index (χ1v) is 15.4. The van der Waals surface area contributed by atoms with Gasteiger partial charge in [-0.2, -0.15) is 17.5 Å². The van der Waals surface area contributed by atoms with E-state index in [-0.39, 0.29) is 42.2 Å². The van der Waals surface area contributed by atoms with Crippen LogP contribution >= 0.6 is 11.6 Å². The number of hydrogen-bond acceptors (Lipinski definition) is 6. The Morgan fingerprint density at radius 2 is 1.52 bits per heavy atom. The van der Waals surface area contributed by atoms with Crippen molar-refractivity contribution in [2.75, 3.05) is 18.4 Å². The van der Waals surface area contributed by atoms with Crippen molar-refractivity contribution in [3.8, 4) is 0 Å². The molecule has 1 heterocycles. The maximum Gasteiger partial charge on any atom is 0.501 e. The van der Waals surface area contributed by atoms with Crippen LogP contribution in [-0.2, 0) is 26.4 Å². The molecule has 40 heavy (non-hydrogen) atoms. The van der Waals surface area contributed by atoms with E-state index >= 15 is 0 Å². The lowest BCUT2D eigenvalue weighted by molar-refractivity contribution is -0.0436. The van der Waals surface area contributed by atoms with Crippen molar-refractivity contribution in [3.63, 3.8) is 0 Å². The Morgan fingerprint density at radius 3 is 2.12 bits per heavy atom. The maximum atomic E-state index is 13.1. The fourth-order valence-corrected chi connectivity index (χ4v) is 6.58. The standard InChI is InChI=1S/C26H25ClF3N3O5S2/c27-20-8-6-19(7-9-20)25(34)31-17-18-4-10-23(11-5-18)40(37,38)33-14-12-21(13-15-33)32-22-2-1-3-24(16-22)39(35,36)26(28,29)30/h1-11,16,21,32H,12-15,17H2,(H,31,34). The van der Waals surface area contributed by atoms with Gasteiger partial charge in [-0.25, -0.2) is 16.8 Å².